The third-order valence-electron chi connectivity index (χ3n) is 6.36. The molecule has 1 atom stereocenters. The zero-order valence-electron chi connectivity index (χ0n) is 22.6. The molecule has 2 amide bonds. The molecule has 0 aliphatic carbocycles. The van der Waals surface area contributed by atoms with Gasteiger partial charge in [0, 0.05) is 28.2 Å². The van der Waals surface area contributed by atoms with Crippen LogP contribution in [0.2, 0.25) is 20.1 Å². The lowest BCUT2D eigenvalue weighted by molar-refractivity contribution is -0.140. The Morgan fingerprint density at radius 3 is 2.17 bits per heavy atom. The number of sulfonamides is 1. The number of hydrogen-bond acceptors (Lipinski definition) is 4. The Balaban J connectivity index is 2.09. The van der Waals surface area contributed by atoms with Crippen LogP contribution in [0.1, 0.15) is 38.7 Å². The molecule has 0 heterocycles. The van der Waals surface area contributed by atoms with E-state index in [-0.39, 0.29) is 39.5 Å². The summed E-state index contributed by atoms with van der Waals surface area (Å²) in [4.78, 5) is 28.7. The number of rotatable bonds is 13. The topological polar surface area (TPSA) is 86.8 Å². The molecule has 220 valence electrons. The average molecular weight is 659 g/mol. The first kappa shape index (κ1) is 33.0. The Kier molecular flexibility index (Phi) is 12.2. The summed E-state index contributed by atoms with van der Waals surface area (Å²) >= 11 is 25.2. The Labute approximate surface area is 261 Å². The number of carbonyl (C=O) groups is 2. The van der Waals surface area contributed by atoms with Gasteiger partial charge in [-0.15, -0.1) is 0 Å². The number of carbonyl (C=O) groups excluding carboxylic acids is 2. The minimum atomic E-state index is -4.28. The molecule has 3 rings (SSSR count). The first-order valence-electron chi connectivity index (χ1n) is 13.0. The van der Waals surface area contributed by atoms with Crippen molar-refractivity contribution in [3.63, 3.8) is 0 Å². The van der Waals surface area contributed by atoms with Crippen LogP contribution in [-0.4, -0.2) is 44.3 Å². The monoisotopic (exact) mass is 657 g/mol. The lowest BCUT2D eigenvalue weighted by atomic mass is 10.1. The first-order chi connectivity index (χ1) is 19.5. The summed E-state index contributed by atoms with van der Waals surface area (Å²) in [6.45, 7) is 3.52. The molecule has 0 saturated heterocycles. The van der Waals surface area contributed by atoms with E-state index in [0.717, 1.165) is 17.1 Å². The van der Waals surface area contributed by atoms with Crippen molar-refractivity contribution in [1.82, 2.24) is 10.2 Å². The van der Waals surface area contributed by atoms with Crippen LogP contribution in [0.4, 0.5) is 5.69 Å². The molecular weight excluding hydrogens is 628 g/mol. The van der Waals surface area contributed by atoms with Crippen molar-refractivity contribution in [3.05, 3.63) is 92.4 Å². The lowest BCUT2D eigenvalue weighted by Gasteiger charge is -2.33. The summed E-state index contributed by atoms with van der Waals surface area (Å²) < 4.78 is 28.7. The maximum Gasteiger partial charge on any atom is 0.264 e. The Morgan fingerprint density at radius 1 is 0.878 bits per heavy atom. The summed E-state index contributed by atoms with van der Waals surface area (Å²) in [6.07, 6.45) is 1.93. The van der Waals surface area contributed by atoms with Crippen molar-refractivity contribution in [2.45, 2.75) is 50.6 Å². The molecule has 3 aromatic carbocycles. The van der Waals surface area contributed by atoms with Gasteiger partial charge in [-0.1, -0.05) is 90.9 Å². The number of amides is 2. The number of nitrogens with one attached hydrogen (secondary N) is 1. The molecular formula is C29H31Cl4N3O4S. The molecule has 7 nitrogen and oxygen atoms in total. The molecule has 0 aromatic heterocycles. The maximum absolute atomic E-state index is 14.1. The summed E-state index contributed by atoms with van der Waals surface area (Å²) in [5, 5.41) is 3.92. The number of unbranched alkanes of at least 4 members (excludes halogenated alkanes) is 1. The highest BCUT2D eigenvalue weighted by atomic mass is 35.5. The van der Waals surface area contributed by atoms with Gasteiger partial charge in [0.15, 0.2) is 0 Å². The first-order valence-corrected chi connectivity index (χ1v) is 16.0. The largest absolute Gasteiger partial charge is 0.354 e. The molecule has 12 heteroatoms. The SMILES string of the molecule is CCCCNC(=O)[C@H](CC)N(Cc1ccc(Cl)cc1Cl)C(=O)CN(c1cc(Cl)ccc1Cl)S(=O)(=O)c1ccccc1. The normalized spacial score (nSPS) is 12.0. The van der Waals surface area contributed by atoms with E-state index in [4.69, 9.17) is 46.4 Å². The zero-order chi connectivity index (χ0) is 30.2. The van der Waals surface area contributed by atoms with Gasteiger partial charge in [0.05, 0.1) is 15.6 Å². The summed E-state index contributed by atoms with van der Waals surface area (Å²) in [6, 6.07) is 16.0. The lowest BCUT2D eigenvalue weighted by Crippen LogP contribution is -2.52. The van der Waals surface area contributed by atoms with Crippen LogP contribution in [0, 0.1) is 0 Å². The molecule has 0 spiro atoms. The highest BCUT2D eigenvalue weighted by Gasteiger charge is 2.34. The molecule has 3 aromatic rings. The summed E-state index contributed by atoms with van der Waals surface area (Å²) in [7, 11) is -4.28. The van der Waals surface area contributed by atoms with E-state index in [9.17, 15) is 18.0 Å². The van der Waals surface area contributed by atoms with Crippen LogP contribution in [0.3, 0.4) is 0 Å². The van der Waals surface area contributed by atoms with Gasteiger partial charge in [-0.25, -0.2) is 8.42 Å². The Hall–Kier alpha value is -2.49. The van der Waals surface area contributed by atoms with Gasteiger partial charge in [-0.3, -0.25) is 13.9 Å². The van der Waals surface area contributed by atoms with E-state index in [2.05, 4.69) is 5.32 Å². The molecule has 0 aliphatic rings. The predicted molar refractivity (Wildman–Crippen MR) is 166 cm³/mol. The van der Waals surface area contributed by atoms with Crippen molar-refractivity contribution in [2.24, 2.45) is 0 Å². The number of halogens is 4. The van der Waals surface area contributed by atoms with Gasteiger partial charge >= 0.3 is 0 Å². The third kappa shape index (κ3) is 8.52. The second-order valence-electron chi connectivity index (χ2n) is 9.25. The maximum atomic E-state index is 14.1. The molecule has 0 fully saturated rings. The van der Waals surface area contributed by atoms with Crippen molar-refractivity contribution in [2.75, 3.05) is 17.4 Å². The molecule has 41 heavy (non-hydrogen) atoms. The van der Waals surface area contributed by atoms with E-state index in [1.54, 1.807) is 43.3 Å². The molecule has 0 unspecified atom stereocenters. The standard InChI is InChI=1S/C29H31Cl4N3O4S/c1-3-5-15-34-29(38)26(4-2)35(18-20-11-12-21(30)16-25(20)33)28(37)19-36(27-17-22(31)13-14-24(27)32)41(39,40)23-9-7-6-8-10-23/h6-14,16-17,26H,3-5,15,18-19H2,1-2H3,(H,34,38)/t26-/m0/s1. The van der Waals surface area contributed by atoms with Crippen LogP contribution in [0.15, 0.2) is 71.6 Å². The van der Waals surface area contributed by atoms with Crippen LogP contribution in [-0.2, 0) is 26.2 Å². The Morgan fingerprint density at radius 2 is 1.54 bits per heavy atom. The van der Waals surface area contributed by atoms with Crippen LogP contribution >= 0.6 is 46.4 Å². The highest BCUT2D eigenvalue weighted by Crippen LogP contribution is 2.33. The quantitative estimate of drug-likeness (QED) is 0.197. The van der Waals surface area contributed by atoms with Gasteiger partial charge < -0.3 is 10.2 Å². The molecule has 0 bridgehead atoms. The summed E-state index contributed by atoms with van der Waals surface area (Å²) in [5.74, 6) is -0.985. The minimum Gasteiger partial charge on any atom is -0.354 e. The molecule has 1 N–H and O–H groups in total. The van der Waals surface area contributed by atoms with E-state index < -0.39 is 28.5 Å². The molecule has 0 aliphatic heterocycles. The van der Waals surface area contributed by atoms with Gasteiger partial charge in [-0.2, -0.15) is 0 Å². The third-order valence-corrected chi connectivity index (χ3v) is 9.27. The fourth-order valence-electron chi connectivity index (χ4n) is 4.17. The fraction of sp³-hybridized carbons (Fsp3) is 0.310. The molecule has 0 radical (unpaired) electrons. The highest BCUT2D eigenvalue weighted by molar-refractivity contribution is 7.92. The van der Waals surface area contributed by atoms with E-state index in [1.807, 2.05) is 6.92 Å². The van der Waals surface area contributed by atoms with E-state index >= 15 is 0 Å². The van der Waals surface area contributed by atoms with Crippen molar-refractivity contribution < 1.29 is 18.0 Å². The number of nitrogens with zero attached hydrogens (tertiary/aromatic N) is 2. The molecule has 0 saturated carbocycles. The van der Waals surface area contributed by atoms with Gasteiger partial charge in [0.25, 0.3) is 10.0 Å². The van der Waals surface area contributed by atoms with Gasteiger partial charge in [-0.05, 0) is 60.9 Å². The Bertz CT molecular complexity index is 1470. The van der Waals surface area contributed by atoms with Crippen molar-refractivity contribution >= 4 is 73.9 Å². The van der Waals surface area contributed by atoms with Crippen molar-refractivity contribution in [3.8, 4) is 0 Å². The predicted octanol–water partition coefficient (Wildman–Crippen LogP) is 7.22. The van der Waals surface area contributed by atoms with Gasteiger partial charge in [0.2, 0.25) is 11.8 Å². The number of hydrogen-bond donors (Lipinski definition) is 1. The van der Waals surface area contributed by atoms with Crippen LogP contribution in [0.25, 0.3) is 0 Å². The fourth-order valence-corrected chi connectivity index (χ4v) is 6.52. The second kappa shape index (κ2) is 15.1. The number of anilines is 1. The second-order valence-corrected chi connectivity index (χ2v) is 12.8. The average Bonchev–Trinajstić information content (AvgIpc) is 2.94. The zero-order valence-corrected chi connectivity index (χ0v) is 26.5. The van der Waals surface area contributed by atoms with Crippen molar-refractivity contribution in [1.29, 1.82) is 0 Å². The number of benzene rings is 3. The smallest absolute Gasteiger partial charge is 0.264 e. The van der Waals surface area contributed by atoms with Crippen LogP contribution < -0.4 is 9.62 Å². The summed E-state index contributed by atoms with van der Waals surface area (Å²) in [5.41, 5.74) is 0.573. The van der Waals surface area contributed by atoms with E-state index in [0.29, 0.717) is 22.2 Å². The van der Waals surface area contributed by atoms with Gasteiger partial charge in [0.1, 0.15) is 12.6 Å². The van der Waals surface area contributed by atoms with Crippen LogP contribution in [0.5, 0.6) is 0 Å². The van der Waals surface area contributed by atoms with E-state index in [1.165, 1.54) is 35.2 Å². The minimum absolute atomic E-state index is 0.0290.